The molecule has 0 spiro atoms. The number of nitrogens with one attached hydrogen (secondary N) is 1. The van der Waals surface area contributed by atoms with Crippen LogP contribution in [0, 0.1) is 5.92 Å². The van der Waals surface area contributed by atoms with Crippen molar-refractivity contribution in [3.63, 3.8) is 0 Å². The predicted octanol–water partition coefficient (Wildman–Crippen LogP) is 1.69. The highest BCUT2D eigenvalue weighted by Gasteiger charge is 2.22. The molecule has 1 atom stereocenters. The van der Waals surface area contributed by atoms with Crippen LogP contribution >= 0.6 is 11.3 Å². The summed E-state index contributed by atoms with van der Waals surface area (Å²) in [6, 6.07) is 3.69. The van der Waals surface area contributed by atoms with Gasteiger partial charge in [0.2, 0.25) is 5.13 Å². The van der Waals surface area contributed by atoms with Gasteiger partial charge in [-0.2, -0.15) is 5.10 Å². The van der Waals surface area contributed by atoms with Crippen molar-refractivity contribution in [3.05, 3.63) is 42.1 Å². The van der Waals surface area contributed by atoms with E-state index in [4.69, 9.17) is 0 Å². The standard InChI is InChI=1S/C16H18N8OS/c25-15(21-16-22-19-11-26-16)13-3-4-14(18-6-13)23-5-1-2-12(7-23)8-24-10-17-9-20-24/h3-4,6,9-12H,1-2,5,7-8H2,(H,21,22,25). The topological polar surface area (TPSA) is 102 Å². The number of rotatable bonds is 5. The van der Waals surface area contributed by atoms with Gasteiger partial charge in [0.25, 0.3) is 5.91 Å². The van der Waals surface area contributed by atoms with Crippen LogP contribution in [0.15, 0.2) is 36.5 Å². The summed E-state index contributed by atoms with van der Waals surface area (Å²) in [5.41, 5.74) is 2.07. The number of aromatic nitrogens is 6. The molecule has 1 aliphatic heterocycles. The minimum absolute atomic E-state index is 0.233. The molecule has 1 saturated heterocycles. The molecule has 0 aliphatic carbocycles. The summed E-state index contributed by atoms with van der Waals surface area (Å²) < 4.78 is 1.88. The number of carbonyl (C=O) groups excluding carboxylic acids is 1. The SMILES string of the molecule is O=C(Nc1nncs1)c1ccc(N2CCCC(Cn3cncn3)C2)nc1. The lowest BCUT2D eigenvalue weighted by molar-refractivity contribution is 0.102. The number of hydrogen-bond donors (Lipinski definition) is 1. The zero-order valence-electron chi connectivity index (χ0n) is 14.0. The Labute approximate surface area is 154 Å². The van der Waals surface area contributed by atoms with Crippen LogP contribution in [-0.2, 0) is 6.54 Å². The van der Waals surface area contributed by atoms with Crippen LogP contribution in [0.3, 0.4) is 0 Å². The summed E-state index contributed by atoms with van der Waals surface area (Å²) in [6.45, 7) is 2.75. The van der Waals surface area contributed by atoms with Crippen molar-refractivity contribution in [2.24, 2.45) is 5.92 Å². The van der Waals surface area contributed by atoms with Crippen LogP contribution in [0.2, 0.25) is 0 Å². The molecule has 1 amide bonds. The number of nitrogens with zero attached hydrogens (tertiary/aromatic N) is 7. The maximum absolute atomic E-state index is 12.2. The zero-order chi connectivity index (χ0) is 17.8. The highest BCUT2D eigenvalue weighted by Crippen LogP contribution is 2.23. The fraction of sp³-hybridized carbons (Fsp3) is 0.375. The molecule has 1 unspecified atom stereocenters. The van der Waals surface area contributed by atoms with E-state index in [9.17, 15) is 4.79 Å². The highest BCUT2D eigenvalue weighted by atomic mass is 32.1. The minimum atomic E-state index is -0.233. The Bertz CT molecular complexity index is 834. The van der Waals surface area contributed by atoms with Gasteiger partial charge in [0, 0.05) is 25.8 Å². The highest BCUT2D eigenvalue weighted by molar-refractivity contribution is 7.13. The smallest absolute Gasteiger partial charge is 0.259 e. The first-order valence-electron chi connectivity index (χ1n) is 8.39. The third-order valence-electron chi connectivity index (χ3n) is 4.35. The van der Waals surface area contributed by atoms with Crippen molar-refractivity contribution in [2.75, 3.05) is 23.3 Å². The summed E-state index contributed by atoms with van der Waals surface area (Å²) in [5.74, 6) is 1.16. The molecular formula is C16H18N8OS. The van der Waals surface area contributed by atoms with Crippen molar-refractivity contribution in [1.29, 1.82) is 0 Å². The van der Waals surface area contributed by atoms with Gasteiger partial charge < -0.3 is 4.90 Å². The van der Waals surface area contributed by atoms with Gasteiger partial charge in [0.05, 0.1) is 5.56 Å². The lowest BCUT2D eigenvalue weighted by Crippen LogP contribution is -2.37. The fourth-order valence-corrected chi connectivity index (χ4v) is 3.56. The maximum Gasteiger partial charge on any atom is 0.259 e. The van der Waals surface area contributed by atoms with E-state index in [-0.39, 0.29) is 5.91 Å². The summed E-state index contributed by atoms with van der Waals surface area (Å²) in [7, 11) is 0. The first kappa shape index (κ1) is 16.6. The first-order chi connectivity index (χ1) is 12.8. The number of anilines is 2. The van der Waals surface area contributed by atoms with Crippen LogP contribution in [-0.4, -0.2) is 48.9 Å². The van der Waals surface area contributed by atoms with Crippen molar-refractivity contribution < 1.29 is 4.79 Å². The second kappa shape index (κ2) is 7.56. The summed E-state index contributed by atoms with van der Waals surface area (Å²) in [6.07, 6.45) is 7.20. The van der Waals surface area contributed by atoms with Crippen molar-refractivity contribution in [1.82, 2.24) is 29.9 Å². The van der Waals surface area contributed by atoms with Crippen LogP contribution in [0.1, 0.15) is 23.2 Å². The van der Waals surface area contributed by atoms with E-state index >= 15 is 0 Å². The third-order valence-corrected chi connectivity index (χ3v) is 4.95. The van der Waals surface area contributed by atoms with Gasteiger partial charge in [-0.05, 0) is 30.9 Å². The molecule has 1 fully saturated rings. The number of carbonyl (C=O) groups is 1. The Morgan fingerprint density at radius 2 is 2.35 bits per heavy atom. The van der Waals surface area contributed by atoms with Crippen molar-refractivity contribution in [2.45, 2.75) is 19.4 Å². The monoisotopic (exact) mass is 370 g/mol. The fourth-order valence-electron chi connectivity index (χ4n) is 3.12. The van der Waals surface area contributed by atoms with Crippen LogP contribution in [0.25, 0.3) is 0 Å². The molecule has 26 heavy (non-hydrogen) atoms. The average molecular weight is 370 g/mol. The Kier molecular flexibility index (Phi) is 4.82. The number of amides is 1. The van der Waals surface area contributed by atoms with E-state index < -0.39 is 0 Å². The Hall–Kier alpha value is -2.88. The molecule has 0 saturated carbocycles. The van der Waals surface area contributed by atoms with Gasteiger partial charge in [-0.3, -0.25) is 14.8 Å². The molecule has 0 bridgehead atoms. The lowest BCUT2D eigenvalue weighted by Gasteiger charge is -2.33. The molecule has 9 nitrogen and oxygen atoms in total. The van der Waals surface area contributed by atoms with E-state index in [0.717, 1.165) is 31.9 Å². The summed E-state index contributed by atoms with van der Waals surface area (Å²) in [4.78, 5) is 22.9. The molecule has 4 rings (SSSR count). The van der Waals surface area contributed by atoms with Gasteiger partial charge in [0.1, 0.15) is 24.0 Å². The quantitative estimate of drug-likeness (QED) is 0.729. The van der Waals surface area contributed by atoms with Crippen molar-refractivity contribution >= 4 is 28.2 Å². The summed E-state index contributed by atoms with van der Waals surface area (Å²) >= 11 is 1.28. The maximum atomic E-state index is 12.2. The van der Waals surface area contributed by atoms with Gasteiger partial charge in [0.15, 0.2) is 0 Å². The van der Waals surface area contributed by atoms with E-state index in [1.54, 1.807) is 30.4 Å². The van der Waals surface area contributed by atoms with Gasteiger partial charge in [-0.15, -0.1) is 10.2 Å². The van der Waals surface area contributed by atoms with Gasteiger partial charge in [-0.25, -0.2) is 9.97 Å². The molecule has 0 radical (unpaired) electrons. The van der Waals surface area contributed by atoms with Crippen LogP contribution in [0.4, 0.5) is 10.9 Å². The van der Waals surface area contributed by atoms with Gasteiger partial charge >= 0.3 is 0 Å². The molecular weight excluding hydrogens is 352 g/mol. The second-order valence-electron chi connectivity index (χ2n) is 6.17. The van der Waals surface area contributed by atoms with E-state index in [2.05, 4.69) is 35.5 Å². The molecule has 3 aromatic heterocycles. The van der Waals surface area contributed by atoms with Crippen molar-refractivity contribution in [3.8, 4) is 0 Å². The van der Waals surface area contributed by atoms with Crippen LogP contribution < -0.4 is 10.2 Å². The van der Waals surface area contributed by atoms with E-state index in [0.29, 0.717) is 16.6 Å². The molecule has 0 aromatic carbocycles. The predicted molar refractivity (Wildman–Crippen MR) is 97.1 cm³/mol. The zero-order valence-corrected chi connectivity index (χ0v) is 14.8. The van der Waals surface area contributed by atoms with E-state index in [1.807, 2.05) is 10.7 Å². The normalized spacial score (nSPS) is 17.2. The third kappa shape index (κ3) is 3.85. The number of hydrogen-bond acceptors (Lipinski definition) is 8. The number of piperidine rings is 1. The minimum Gasteiger partial charge on any atom is -0.356 e. The second-order valence-corrected chi connectivity index (χ2v) is 7.01. The molecule has 3 aromatic rings. The Balaban J connectivity index is 1.38. The molecule has 10 heteroatoms. The molecule has 1 aliphatic rings. The molecule has 4 heterocycles. The van der Waals surface area contributed by atoms with Crippen LogP contribution in [0.5, 0.6) is 0 Å². The Morgan fingerprint density at radius 3 is 3.08 bits per heavy atom. The van der Waals surface area contributed by atoms with Gasteiger partial charge in [-0.1, -0.05) is 11.3 Å². The molecule has 134 valence electrons. The summed E-state index contributed by atoms with van der Waals surface area (Å²) in [5, 5.41) is 14.9. The first-order valence-corrected chi connectivity index (χ1v) is 9.27. The van der Waals surface area contributed by atoms with E-state index in [1.165, 1.54) is 17.8 Å². The number of pyridine rings is 1. The average Bonchev–Trinajstić information content (AvgIpc) is 3.36. The molecule has 1 N–H and O–H groups in total. The Morgan fingerprint density at radius 1 is 1.38 bits per heavy atom. The largest absolute Gasteiger partial charge is 0.356 e. The lowest BCUT2D eigenvalue weighted by atomic mass is 9.98.